The summed E-state index contributed by atoms with van der Waals surface area (Å²) in [5.41, 5.74) is -0.654. The van der Waals surface area contributed by atoms with Gasteiger partial charge in [-0.05, 0) is 25.8 Å². The zero-order valence-corrected chi connectivity index (χ0v) is 10.7. The van der Waals surface area contributed by atoms with E-state index in [0.29, 0.717) is 32.2 Å². The summed E-state index contributed by atoms with van der Waals surface area (Å²) in [4.78, 5) is 13.8. The lowest BCUT2D eigenvalue weighted by Crippen LogP contribution is -2.47. The summed E-state index contributed by atoms with van der Waals surface area (Å²) in [7, 11) is 0. The van der Waals surface area contributed by atoms with E-state index in [0.717, 1.165) is 6.54 Å². The summed E-state index contributed by atoms with van der Waals surface area (Å²) < 4.78 is 5.32. The average molecular weight is 241 g/mol. The van der Waals surface area contributed by atoms with Crippen LogP contribution in [0, 0.1) is 5.41 Å². The Balaban J connectivity index is 2.02. The van der Waals surface area contributed by atoms with Gasteiger partial charge in [0.1, 0.15) is 5.41 Å². The molecule has 1 N–H and O–H groups in total. The van der Waals surface area contributed by atoms with E-state index in [1.165, 1.54) is 25.7 Å². The van der Waals surface area contributed by atoms with Gasteiger partial charge in [0, 0.05) is 19.2 Å². The topological polar surface area (TPSA) is 49.8 Å². The number of carboxylic acid groups (broad SMARTS) is 1. The zero-order chi connectivity index (χ0) is 12.3. The van der Waals surface area contributed by atoms with Gasteiger partial charge in [0.15, 0.2) is 0 Å². The number of rotatable bonds is 5. The van der Waals surface area contributed by atoms with E-state index in [1.807, 2.05) is 0 Å². The Hall–Kier alpha value is -0.610. The SMILES string of the molecule is CCN(CC1(C(=O)O)CCOC1)C1CCCC1. The molecule has 98 valence electrons. The van der Waals surface area contributed by atoms with E-state index in [1.54, 1.807) is 0 Å². The molecule has 1 aliphatic heterocycles. The van der Waals surface area contributed by atoms with Crippen LogP contribution in [-0.2, 0) is 9.53 Å². The fourth-order valence-corrected chi connectivity index (χ4v) is 3.13. The zero-order valence-electron chi connectivity index (χ0n) is 10.7. The molecule has 17 heavy (non-hydrogen) atoms. The minimum Gasteiger partial charge on any atom is -0.481 e. The second kappa shape index (κ2) is 5.36. The van der Waals surface area contributed by atoms with Gasteiger partial charge in [-0.1, -0.05) is 19.8 Å². The number of aliphatic carboxylic acids is 1. The molecular weight excluding hydrogens is 218 g/mol. The van der Waals surface area contributed by atoms with Crippen LogP contribution in [0.3, 0.4) is 0 Å². The van der Waals surface area contributed by atoms with Crippen LogP contribution in [0.25, 0.3) is 0 Å². The van der Waals surface area contributed by atoms with Crippen molar-refractivity contribution in [1.82, 2.24) is 4.90 Å². The molecule has 0 aromatic heterocycles. The van der Waals surface area contributed by atoms with E-state index in [2.05, 4.69) is 11.8 Å². The monoisotopic (exact) mass is 241 g/mol. The van der Waals surface area contributed by atoms with Gasteiger partial charge in [0.2, 0.25) is 0 Å². The molecule has 2 rings (SSSR count). The van der Waals surface area contributed by atoms with Gasteiger partial charge in [-0.25, -0.2) is 0 Å². The van der Waals surface area contributed by atoms with Crippen molar-refractivity contribution >= 4 is 5.97 Å². The van der Waals surface area contributed by atoms with Crippen molar-refractivity contribution in [2.45, 2.75) is 45.1 Å². The molecule has 2 aliphatic rings. The standard InChI is InChI=1S/C13H23NO3/c1-2-14(11-5-3-4-6-11)9-13(12(15)16)7-8-17-10-13/h11H,2-10H2,1H3,(H,15,16). The minimum atomic E-state index is -0.688. The highest BCUT2D eigenvalue weighted by atomic mass is 16.5. The normalized spacial score (nSPS) is 30.2. The van der Waals surface area contributed by atoms with Gasteiger partial charge < -0.3 is 9.84 Å². The highest BCUT2D eigenvalue weighted by Crippen LogP contribution is 2.33. The first kappa shape index (κ1) is 12.8. The fourth-order valence-electron chi connectivity index (χ4n) is 3.13. The molecule has 1 aliphatic carbocycles. The summed E-state index contributed by atoms with van der Waals surface area (Å²) in [5.74, 6) is -0.688. The summed E-state index contributed by atoms with van der Waals surface area (Å²) >= 11 is 0. The van der Waals surface area contributed by atoms with Crippen molar-refractivity contribution in [3.63, 3.8) is 0 Å². The number of carboxylic acids is 1. The van der Waals surface area contributed by atoms with Crippen molar-refractivity contribution in [2.24, 2.45) is 5.41 Å². The Bertz CT molecular complexity index is 268. The van der Waals surface area contributed by atoms with Crippen molar-refractivity contribution in [3.8, 4) is 0 Å². The van der Waals surface area contributed by atoms with Crippen LogP contribution in [0.4, 0.5) is 0 Å². The van der Waals surface area contributed by atoms with Gasteiger partial charge >= 0.3 is 5.97 Å². The Kier molecular flexibility index (Phi) is 4.05. The summed E-state index contributed by atoms with van der Waals surface area (Å²) in [6, 6.07) is 0.594. The molecule has 4 nitrogen and oxygen atoms in total. The quantitative estimate of drug-likeness (QED) is 0.796. The van der Waals surface area contributed by atoms with E-state index < -0.39 is 11.4 Å². The first-order chi connectivity index (χ1) is 8.18. The van der Waals surface area contributed by atoms with Crippen LogP contribution < -0.4 is 0 Å². The lowest BCUT2D eigenvalue weighted by Gasteiger charge is -2.34. The third-order valence-corrected chi connectivity index (χ3v) is 4.31. The predicted molar refractivity (Wildman–Crippen MR) is 65.0 cm³/mol. The predicted octanol–water partition coefficient (Wildman–Crippen LogP) is 1.74. The van der Waals surface area contributed by atoms with Crippen molar-refractivity contribution in [3.05, 3.63) is 0 Å². The van der Waals surface area contributed by atoms with E-state index in [4.69, 9.17) is 4.74 Å². The second-order valence-electron chi connectivity index (χ2n) is 5.39. The molecule has 1 saturated heterocycles. The largest absolute Gasteiger partial charge is 0.481 e. The van der Waals surface area contributed by atoms with Crippen molar-refractivity contribution < 1.29 is 14.6 Å². The van der Waals surface area contributed by atoms with Crippen LogP contribution in [0.5, 0.6) is 0 Å². The Morgan fingerprint density at radius 3 is 2.65 bits per heavy atom. The molecule has 0 aromatic rings. The van der Waals surface area contributed by atoms with Gasteiger partial charge in [-0.15, -0.1) is 0 Å². The number of hydrogen-bond donors (Lipinski definition) is 1. The third kappa shape index (κ3) is 2.63. The maximum atomic E-state index is 11.5. The van der Waals surface area contributed by atoms with Gasteiger partial charge in [-0.3, -0.25) is 9.69 Å². The maximum absolute atomic E-state index is 11.5. The molecule has 1 atom stereocenters. The number of hydrogen-bond acceptors (Lipinski definition) is 3. The highest BCUT2D eigenvalue weighted by Gasteiger charge is 2.44. The van der Waals surface area contributed by atoms with E-state index >= 15 is 0 Å². The molecule has 1 heterocycles. The molecule has 4 heteroatoms. The van der Waals surface area contributed by atoms with E-state index in [9.17, 15) is 9.90 Å². The number of nitrogens with zero attached hydrogens (tertiary/aromatic N) is 1. The van der Waals surface area contributed by atoms with Gasteiger partial charge in [0.05, 0.1) is 6.61 Å². The summed E-state index contributed by atoms with van der Waals surface area (Å²) in [5, 5.41) is 9.44. The number of carbonyl (C=O) groups is 1. The Morgan fingerprint density at radius 1 is 1.47 bits per heavy atom. The molecule has 1 unspecified atom stereocenters. The molecule has 0 radical (unpaired) electrons. The Morgan fingerprint density at radius 2 is 2.18 bits per heavy atom. The van der Waals surface area contributed by atoms with Crippen LogP contribution in [0.15, 0.2) is 0 Å². The lowest BCUT2D eigenvalue weighted by molar-refractivity contribution is -0.150. The van der Waals surface area contributed by atoms with Crippen LogP contribution in [0.2, 0.25) is 0 Å². The van der Waals surface area contributed by atoms with Gasteiger partial charge in [-0.2, -0.15) is 0 Å². The third-order valence-electron chi connectivity index (χ3n) is 4.31. The van der Waals surface area contributed by atoms with Crippen LogP contribution in [0.1, 0.15) is 39.0 Å². The summed E-state index contributed by atoms with van der Waals surface area (Å²) in [6.07, 6.45) is 5.69. The second-order valence-corrected chi connectivity index (χ2v) is 5.39. The molecule has 2 fully saturated rings. The number of ether oxygens (including phenoxy) is 1. The van der Waals surface area contributed by atoms with Gasteiger partial charge in [0.25, 0.3) is 0 Å². The van der Waals surface area contributed by atoms with Crippen LogP contribution >= 0.6 is 0 Å². The maximum Gasteiger partial charge on any atom is 0.313 e. The smallest absolute Gasteiger partial charge is 0.313 e. The summed E-state index contributed by atoms with van der Waals surface area (Å²) in [6.45, 7) is 4.70. The van der Waals surface area contributed by atoms with Crippen molar-refractivity contribution in [1.29, 1.82) is 0 Å². The first-order valence-electron chi connectivity index (χ1n) is 6.73. The molecular formula is C13H23NO3. The van der Waals surface area contributed by atoms with E-state index in [-0.39, 0.29) is 0 Å². The lowest BCUT2D eigenvalue weighted by atomic mass is 9.86. The molecule has 1 saturated carbocycles. The first-order valence-corrected chi connectivity index (χ1v) is 6.73. The fraction of sp³-hybridized carbons (Fsp3) is 0.923. The minimum absolute atomic E-state index is 0.381. The van der Waals surface area contributed by atoms with Crippen LogP contribution in [-0.4, -0.2) is 48.3 Å². The average Bonchev–Trinajstić information content (AvgIpc) is 2.97. The van der Waals surface area contributed by atoms with Crippen molar-refractivity contribution in [2.75, 3.05) is 26.3 Å². The molecule has 0 bridgehead atoms. The highest BCUT2D eigenvalue weighted by molar-refractivity contribution is 5.75. The Labute approximate surface area is 103 Å². The molecule has 0 aromatic carbocycles. The molecule has 0 spiro atoms. The molecule has 0 amide bonds.